The van der Waals surface area contributed by atoms with Gasteiger partial charge in [-0.1, -0.05) is 30.4 Å². The van der Waals surface area contributed by atoms with Gasteiger partial charge in [0.2, 0.25) is 11.8 Å². The van der Waals surface area contributed by atoms with Gasteiger partial charge in [-0.3, -0.25) is 19.0 Å². The average molecular weight is 483 g/mol. The second-order valence-electron chi connectivity index (χ2n) is 8.70. The van der Waals surface area contributed by atoms with E-state index in [-0.39, 0.29) is 29.8 Å². The normalized spacial score (nSPS) is 16.0. The lowest BCUT2D eigenvalue weighted by atomic mass is 9.97. The van der Waals surface area contributed by atoms with Crippen LogP contribution in [0.25, 0.3) is 10.3 Å². The maximum absolute atomic E-state index is 13.1. The van der Waals surface area contributed by atoms with Crippen molar-refractivity contribution < 1.29 is 9.59 Å². The number of anilines is 2. The Morgan fingerprint density at radius 3 is 2.88 bits per heavy atom. The van der Waals surface area contributed by atoms with Gasteiger partial charge in [-0.05, 0) is 50.3 Å². The zero-order chi connectivity index (χ0) is 24.2. The lowest BCUT2D eigenvalue weighted by Crippen LogP contribution is -2.43. The van der Waals surface area contributed by atoms with Crippen molar-refractivity contribution in [3.8, 4) is 0 Å². The summed E-state index contributed by atoms with van der Waals surface area (Å²) in [5, 5.41) is 6.54. The first-order valence-corrected chi connectivity index (χ1v) is 12.4. The molecule has 1 aromatic carbocycles. The number of carbonyl (C=O) groups excluding carboxylic acids is 2. The highest BCUT2D eigenvalue weighted by Gasteiger charge is 2.27. The van der Waals surface area contributed by atoms with Crippen molar-refractivity contribution >= 4 is 44.3 Å². The van der Waals surface area contributed by atoms with Crippen molar-refractivity contribution in [3.05, 3.63) is 46.0 Å². The molecule has 0 saturated carbocycles. The van der Waals surface area contributed by atoms with Crippen LogP contribution in [0.5, 0.6) is 0 Å². The van der Waals surface area contributed by atoms with Crippen LogP contribution in [0.2, 0.25) is 0 Å². The molecule has 4 rings (SSSR count). The Labute approximate surface area is 202 Å². The van der Waals surface area contributed by atoms with E-state index in [4.69, 9.17) is 0 Å². The zero-order valence-corrected chi connectivity index (χ0v) is 20.6. The van der Waals surface area contributed by atoms with Crippen LogP contribution in [0.3, 0.4) is 0 Å². The fourth-order valence-electron chi connectivity index (χ4n) is 4.07. The van der Waals surface area contributed by atoms with Crippen LogP contribution in [0.15, 0.2) is 29.3 Å². The van der Waals surface area contributed by atoms with Gasteiger partial charge in [0.15, 0.2) is 10.8 Å². The van der Waals surface area contributed by atoms with Crippen LogP contribution in [0, 0.1) is 19.8 Å². The molecule has 0 spiro atoms. The topological polar surface area (TPSA) is 109 Å². The summed E-state index contributed by atoms with van der Waals surface area (Å²) in [6, 6.07) is 5.71. The van der Waals surface area contributed by atoms with Crippen molar-refractivity contribution in [2.24, 2.45) is 5.92 Å². The second kappa shape index (κ2) is 10.3. The molecule has 2 N–H and O–H groups in total. The molecule has 3 heterocycles. The summed E-state index contributed by atoms with van der Waals surface area (Å²) in [5.74, 6) is -0.313. The molecule has 1 atom stereocenters. The number of carbonyl (C=O) groups is 2. The first-order valence-electron chi connectivity index (χ1n) is 11.6. The number of piperidine rings is 1. The number of hydrogen-bond donors (Lipinski definition) is 2. The van der Waals surface area contributed by atoms with Crippen molar-refractivity contribution in [1.29, 1.82) is 0 Å². The van der Waals surface area contributed by atoms with Crippen molar-refractivity contribution in [2.75, 3.05) is 29.9 Å². The lowest BCUT2D eigenvalue weighted by molar-refractivity contribution is -0.125. The monoisotopic (exact) mass is 482 g/mol. The molecule has 0 bridgehead atoms. The Kier molecular flexibility index (Phi) is 7.26. The second-order valence-corrected chi connectivity index (χ2v) is 9.68. The van der Waals surface area contributed by atoms with Gasteiger partial charge in [0.1, 0.15) is 17.6 Å². The van der Waals surface area contributed by atoms with E-state index in [1.54, 1.807) is 0 Å². The quantitative estimate of drug-likeness (QED) is 0.536. The van der Waals surface area contributed by atoms with Gasteiger partial charge in [0, 0.05) is 25.3 Å². The molecule has 1 aliphatic rings. The Morgan fingerprint density at radius 1 is 1.26 bits per heavy atom. The van der Waals surface area contributed by atoms with E-state index in [0.29, 0.717) is 28.6 Å². The molecular weight excluding hydrogens is 452 g/mol. The molecule has 180 valence electrons. The van der Waals surface area contributed by atoms with Crippen molar-refractivity contribution in [3.63, 3.8) is 0 Å². The van der Waals surface area contributed by atoms with E-state index in [9.17, 15) is 14.4 Å². The number of fused-ring (bicyclic) bond motifs is 1. The zero-order valence-electron chi connectivity index (χ0n) is 19.8. The molecule has 0 radical (unpaired) electrons. The summed E-state index contributed by atoms with van der Waals surface area (Å²) < 4.78 is 1.72. The molecule has 34 heavy (non-hydrogen) atoms. The molecular formula is C24H30N6O3S. The van der Waals surface area contributed by atoms with Gasteiger partial charge in [-0.25, -0.2) is 4.98 Å². The van der Waals surface area contributed by atoms with Gasteiger partial charge in [-0.15, -0.1) is 0 Å². The molecule has 1 saturated heterocycles. The van der Waals surface area contributed by atoms with Crippen LogP contribution < -0.4 is 21.1 Å². The molecule has 10 heteroatoms. The van der Waals surface area contributed by atoms with E-state index in [2.05, 4.69) is 25.5 Å². The van der Waals surface area contributed by atoms with Crippen LogP contribution in [-0.2, 0) is 16.1 Å². The van der Waals surface area contributed by atoms with Crippen LogP contribution in [-0.4, -0.2) is 46.0 Å². The number of nitrogens with zero attached hydrogens (tertiary/aromatic N) is 4. The Morgan fingerprint density at radius 2 is 2.09 bits per heavy atom. The number of nitrogens with one attached hydrogen (secondary N) is 2. The third-order valence-corrected chi connectivity index (χ3v) is 7.27. The van der Waals surface area contributed by atoms with E-state index in [1.165, 1.54) is 22.2 Å². The molecule has 2 aromatic heterocycles. The number of benzene rings is 1. The highest BCUT2D eigenvalue weighted by atomic mass is 32.1. The minimum absolute atomic E-state index is 0.0722. The number of amides is 2. The lowest BCUT2D eigenvalue weighted by Gasteiger charge is -2.31. The maximum Gasteiger partial charge on any atom is 0.273 e. The molecule has 0 unspecified atom stereocenters. The molecule has 3 aromatic rings. The maximum atomic E-state index is 13.1. The molecule has 9 nitrogen and oxygen atoms in total. The van der Waals surface area contributed by atoms with Crippen molar-refractivity contribution in [2.45, 2.75) is 46.6 Å². The van der Waals surface area contributed by atoms with E-state index in [0.717, 1.165) is 42.6 Å². The third kappa shape index (κ3) is 5.11. The smallest absolute Gasteiger partial charge is 0.273 e. The number of hydrogen-bond acceptors (Lipinski definition) is 7. The summed E-state index contributed by atoms with van der Waals surface area (Å²) in [5.41, 5.74) is 2.88. The summed E-state index contributed by atoms with van der Waals surface area (Å²) in [6.07, 6.45) is 4.00. The van der Waals surface area contributed by atoms with Crippen molar-refractivity contribution in [1.82, 2.24) is 19.9 Å². The number of rotatable bonds is 7. The number of aromatic nitrogens is 3. The SMILES string of the molecule is CCCNC(=O)[C@@H]1CCCN(c2nc3ncn(CC(=O)Nc4cccc(C)c4C)c(=O)c3s2)C1. The van der Waals surface area contributed by atoms with Crippen LogP contribution in [0.4, 0.5) is 10.8 Å². The molecule has 0 aliphatic carbocycles. The first-order chi connectivity index (χ1) is 16.4. The van der Waals surface area contributed by atoms with Crippen LogP contribution >= 0.6 is 11.3 Å². The Bertz CT molecular complexity index is 1270. The van der Waals surface area contributed by atoms with E-state index in [1.807, 2.05) is 39.0 Å². The highest BCUT2D eigenvalue weighted by molar-refractivity contribution is 7.22. The Hall–Kier alpha value is -3.27. The average Bonchev–Trinajstić information content (AvgIpc) is 3.28. The summed E-state index contributed by atoms with van der Waals surface area (Å²) >= 11 is 1.27. The summed E-state index contributed by atoms with van der Waals surface area (Å²) in [6.45, 7) is 7.86. The number of aryl methyl sites for hydroxylation is 1. The Balaban J connectivity index is 1.49. The van der Waals surface area contributed by atoms with Crippen LogP contribution in [0.1, 0.15) is 37.3 Å². The highest BCUT2D eigenvalue weighted by Crippen LogP contribution is 2.29. The standard InChI is InChI=1S/C24H30N6O3S/c1-4-10-25-22(32)17-8-6-11-29(12-17)24-28-21-20(34-24)23(33)30(14-26-21)13-19(31)27-18-9-5-7-15(2)16(18)3/h5,7,9,14,17H,4,6,8,10-13H2,1-3H3,(H,25,32)(H,27,31)/t17-/m1/s1. The fraction of sp³-hybridized carbons (Fsp3) is 0.458. The molecule has 1 aliphatic heterocycles. The number of thiazole rings is 1. The van der Waals surface area contributed by atoms with Gasteiger partial charge in [-0.2, -0.15) is 4.98 Å². The van der Waals surface area contributed by atoms with E-state index >= 15 is 0 Å². The van der Waals surface area contributed by atoms with Gasteiger partial charge < -0.3 is 15.5 Å². The van der Waals surface area contributed by atoms with Gasteiger partial charge in [0.25, 0.3) is 5.56 Å². The molecule has 1 fully saturated rings. The predicted molar refractivity (Wildman–Crippen MR) is 134 cm³/mol. The fourth-order valence-corrected chi connectivity index (χ4v) is 5.08. The third-order valence-electron chi connectivity index (χ3n) is 6.18. The van der Waals surface area contributed by atoms with Gasteiger partial charge in [0.05, 0.1) is 5.92 Å². The van der Waals surface area contributed by atoms with E-state index < -0.39 is 0 Å². The molecule has 2 amide bonds. The predicted octanol–water partition coefficient (Wildman–Crippen LogP) is 2.85. The minimum Gasteiger partial charge on any atom is -0.356 e. The minimum atomic E-state index is -0.293. The first kappa shape index (κ1) is 23.9. The summed E-state index contributed by atoms with van der Waals surface area (Å²) in [7, 11) is 0. The van der Waals surface area contributed by atoms with Gasteiger partial charge >= 0.3 is 0 Å². The summed E-state index contributed by atoms with van der Waals surface area (Å²) in [4.78, 5) is 49.0. The largest absolute Gasteiger partial charge is 0.356 e.